The van der Waals surface area contributed by atoms with Crippen molar-refractivity contribution < 1.29 is 43.1 Å². The summed E-state index contributed by atoms with van der Waals surface area (Å²) in [6.07, 6.45) is -2.23. The van der Waals surface area contributed by atoms with E-state index >= 15 is 0 Å². The number of esters is 1. The van der Waals surface area contributed by atoms with Crippen molar-refractivity contribution in [2.24, 2.45) is 0 Å². The van der Waals surface area contributed by atoms with Gasteiger partial charge in [0.15, 0.2) is 17.6 Å². The van der Waals surface area contributed by atoms with Crippen LogP contribution in [-0.4, -0.2) is 55.6 Å². The van der Waals surface area contributed by atoms with Crippen LogP contribution in [-0.2, 0) is 14.3 Å². The summed E-state index contributed by atoms with van der Waals surface area (Å²) >= 11 is 3.94. The molecule has 0 radical (unpaired) electrons. The molecule has 4 rings (SSSR count). The number of thiol groups is 1. The third-order valence-corrected chi connectivity index (χ3v) is 5.82. The predicted molar refractivity (Wildman–Crippen MR) is 145 cm³/mol. The van der Waals surface area contributed by atoms with Crippen molar-refractivity contribution in [3.05, 3.63) is 78.4 Å². The van der Waals surface area contributed by atoms with E-state index in [1.165, 1.54) is 0 Å². The van der Waals surface area contributed by atoms with Gasteiger partial charge in [-0.1, -0.05) is 30.3 Å². The van der Waals surface area contributed by atoms with Crippen LogP contribution in [0.25, 0.3) is 0 Å². The molecule has 0 saturated heterocycles. The number of anilines is 1. The van der Waals surface area contributed by atoms with E-state index in [0.717, 1.165) is 0 Å². The molecule has 206 valence electrons. The Morgan fingerprint density at radius 1 is 0.949 bits per heavy atom. The number of nitrogens with one attached hydrogen (secondary N) is 1. The van der Waals surface area contributed by atoms with Crippen molar-refractivity contribution in [2.75, 3.05) is 37.7 Å². The first kappa shape index (κ1) is 27.9. The molecule has 11 heteroatoms. The fraction of sp³-hybridized carbons (Fsp3) is 0.286. The lowest BCUT2D eigenvalue weighted by Gasteiger charge is -2.28. The Balaban J connectivity index is 1.59. The van der Waals surface area contributed by atoms with Gasteiger partial charge in [-0.2, -0.15) is 12.6 Å². The Labute approximate surface area is 231 Å². The van der Waals surface area contributed by atoms with E-state index < -0.39 is 24.3 Å². The van der Waals surface area contributed by atoms with Crippen molar-refractivity contribution in [1.82, 2.24) is 0 Å². The summed E-state index contributed by atoms with van der Waals surface area (Å²) in [4.78, 5) is 24.8. The number of hydrogen-bond donors (Lipinski definition) is 3. The van der Waals surface area contributed by atoms with Gasteiger partial charge in [-0.3, -0.25) is 10.1 Å². The van der Waals surface area contributed by atoms with Gasteiger partial charge < -0.3 is 33.5 Å². The highest BCUT2D eigenvalue weighted by molar-refractivity contribution is 7.81. The molecule has 3 aromatic carbocycles. The van der Waals surface area contributed by atoms with Gasteiger partial charge in [0.05, 0.1) is 19.0 Å². The van der Waals surface area contributed by atoms with Crippen LogP contribution in [0, 0.1) is 0 Å². The average molecular weight is 556 g/mol. The van der Waals surface area contributed by atoms with Crippen LogP contribution in [0.1, 0.15) is 18.1 Å². The van der Waals surface area contributed by atoms with Crippen molar-refractivity contribution in [1.29, 1.82) is 0 Å². The molecule has 0 unspecified atom stereocenters. The van der Waals surface area contributed by atoms with Crippen molar-refractivity contribution >= 4 is 30.4 Å². The second-order valence-electron chi connectivity index (χ2n) is 8.30. The maximum atomic E-state index is 13.1. The van der Waals surface area contributed by atoms with E-state index in [9.17, 15) is 9.59 Å². The standard InChI is InChI=1S/C28H29NO9S/c30-12-14-33-22-8-4-5-19(15-22)27(38-28(32)29-20-9-10-23-25(16-20)36-18-35-23)24(11-13-34-26(31)17-39)37-21-6-2-1-3-7-21/h1-10,15-16,24,27,30,39H,11-14,17-18H2,(H,29,32)/t24-,27-/m1/s1. The Morgan fingerprint density at radius 3 is 2.54 bits per heavy atom. The number of para-hydroxylation sites is 1. The van der Waals surface area contributed by atoms with Gasteiger partial charge in [0.25, 0.3) is 0 Å². The number of carbonyl (C=O) groups is 2. The number of ether oxygens (including phenoxy) is 6. The Bertz CT molecular complexity index is 1240. The van der Waals surface area contributed by atoms with E-state index in [0.29, 0.717) is 34.2 Å². The average Bonchev–Trinajstić information content (AvgIpc) is 3.43. The number of fused-ring (bicyclic) bond motifs is 1. The zero-order valence-corrected chi connectivity index (χ0v) is 21.9. The molecule has 10 nitrogen and oxygen atoms in total. The van der Waals surface area contributed by atoms with Gasteiger partial charge in [-0.15, -0.1) is 0 Å². The molecule has 1 amide bonds. The van der Waals surface area contributed by atoms with Crippen LogP contribution in [0.2, 0.25) is 0 Å². The highest BCUT2D eigenvalue weighted by atomic mass is 32.1. The molecule has 0 spiro atoms. The fourth-order valence-electron chi connectivity index (χ4n) is 3.82. The van der Waals surface area contributed by atoms with Gasteiger partial charge in [-0.25, -0.2) is 4.79 Å². The van der Waals surface area contributed by atoms with Crippen LogP contribution in [0.3, 0.4) is 0 Å². The van der Waals surface area contributed by atoms with Crippen LogP contribution in [0.5, 0.6) is 23.0 Å². The van der Waals surface area contributed by atoms with E-state index in [4.69, 9.17) is 33.5 Å². The number of carbonyl (C=O) groups excluding carboxylic acids is 2. The molecule has 0 saturated carbocycles. The van der Waals surface area contributed by atoms with Crippen molar-refractivity contribution in [2.45, 2.75) is 18.6 Å². The Morgan fingerprint density at radius 2 is 1.74 bits per heavy atom. The Hall–Kier alpha value is -4.09. The molecule has 1 heterocycles. The molecule has 1 aliphatic rings. The summed E-state index contributed by atoms with van der Waals surface area (Å²) in [6.45, 7) is 0.0685. The number of hydrogen-bond acceptors (Lipinski definition) is 10. The van der Waals surface area contributed by atoms with Crippen LogP contribution < -0.4 is 24.3 Å². The number of aliphatic hydroxyl groups excluding tert-OH is 1. The fourth-order valence-corrected chi connectivity index (χ4v) is 3.91. The van der Waals surface area contributed by atoms with E-state index in [1.807, 2.05) is 18.2 Å². The summed E-state index contributed by atoms with van der Waals surface area (Å²) in [5, 5.41) is 11.9. The van der Waals surface area contributed by atoms with Gasteiger partial charge >= 0.3 is 12.1 Å². The quantitative estimate of drug-likeness (QED) is 0.208. The first-order valence-corrected chi connectivity index (χ1v) is 12.9. The maximum Gasteiger partial charge on any atom is 0.412 e. The molecule has 0 aromatic heterocycles. The van der Waals surface area contributed by atoms with Crippen LogP contribution in [0.4, 0.5) is 10.5 Å². The third-order valence-electron chi connectivity index (χ3n) is 5.56. The molecule has 2 atom stereocenters. The minimum absolute atomic E-state index is 0.0151. The molecular weight excluding hydrogens is 526 g/mol. The van der Waals surface area contributed by atoms with E-state index in [1.54, 1.807) is 54.6 Å². The van der Waals surface area contributed by atoms with Gasteiger partial charge in [0.2, 0.25) is 6.79 Å². The van der Waals surface area contributed by atoms with Gasteiger partial charge in [0.1, 0.15) is 24.2 Å². The monoisotopic (exact) mass is 555 g/mol. The van der Waals surface area contributed by atoms with Crippen LogP contribution >= 0.6 is 12.6 Å². The normalized spacial score (nSPS) is 13.2. The number of aliphatic hydroxyl groups is 1. The highest BCUT2D eigenvalue weighted by Gasteiger charge is 2.30. The van der Waals surface area contributed by atoms with Crippen LogP contribution in [0.15, 0.2) is 72.8 Å². The number of rotatable bonds is 13. The smallest absolute Gasteiger partial charge is 0.412 e. The lowest BCUT2D eigenvalue weighted by atomic mass is 10.0. The molecule has 2 N–H and O–H groups in total. The zero-order chi connectivity index (χ0) is 27.5. The molecule has 0 bridgehead atoms. The zero-order valence-electron chi connectivity index (χ0n) is 21.0. The second-order valence-corrected chi connectivity index (χ2v) is 8.62. The third kappa shape index (κ3) is 8.20. The lowest BCUT2D eigenvalue weighted by molar-refractivity contribution is -0.141. The summed E-state index contributed by atoms with van der Waals surface area (Å²) in [7, 11) is 0. The predicted octanol–water partition coefficient (Wildman–Crippen LogP) is 4.39. The largest absolute Gasteiger partial charge is 0.491 e. The minimum Gasteiger partial charge on any atom is -0.491 e. The number of amides is 1. The molecule has 1 aliphatic heterocycles. The Kier molecular flexibility index (Phi) is 10.1. The minimum atomic E-state index is -0.938. The van der Waals surface area contributed by atoms with E-state index in [-0.39, 0.29) is 38.8 Å². The summed E-state index contributed by atoms with van der Waals surface area (Å²) < 4.78 is 33.7. The van der Waals surface area contributed by atoms with E-state index in [2.05, 4.69) is 17.9 Å². The summed E-state index contributed by atoms with van der Waals surface area (Å²) in [5.74, 6) is 1.57. The molecule has 39 heavy (non-hydrogen) atoms. The molecule has 3 aromatic rings. The first-order chi connectivity index (χ1) is 19.1. The van der Waals surface area contributed by atoms with Crippen molar-refractivity contribution in [3.63, 3.8) is 0 Å². The first-order valence-electron chi connectivity index (χ1n) is 12.2. The molecule has 0 aliphatic carbocycles. The molecule has 0 fully saturated rings. The van der Waals surface area contributed by atoms with Gasteiger partial charge in [0, 0.05) is 18.2 Å². The van der Waals surface area contributed by atoms with Gasteiger partial charge in [-0.05, 0) is 42.0 Å². The topological polar surface area (TPSA) is 122 Å². The second kappa shape index (κ2) is 14.2. The maximum absolute atomic E-state index is 13.1. The summed E-state index contributed by atoms with van der Waals surface area (Å²) in [5.41, 5.74) is 1.03. The summed E-state index contributed by atoms with van der Waals surface area (Å²) in [6, 6.07) is 21.0. The number of benzene rings is 3. The lowest BCUT2D eigenvalue weighted by Crippen LogP contribution is -2.32. The highest BCUT2D eigenvalue weighted by Crippen LogP contribution is 2.35. The van der Waals surface area contributed by atoms with Crippen molar-refractivity contribution in [3.8, 4) is 23.0 Å². The SMILES string of the molecule is O=C(CS)OCC[C@@H](Oc1ccccc1)[C@H](OC(=O)Nc1ccc2c(c1)OCO2)c1cccc(OCCO)c1. The molecular formula is C28H29NO9S.